The van der Waals surface area contributed by atoms with E-state index in [1.54, 1.807) is 32.9 Å². The number of halogens is 1. The Labute approximate surface area is 301 Å². The molecule has 1 saturated carbocycles. The van der Waals surface area contributed by atoms with Gasteiger partial charge >= 0.3 is 12.1 Å². The third-order valence-electron chi connectivity index (χ3n) is 10.6. The van der Waals surface area contributed by atoms with E-state index in [9.17, 15) is 28.7 Å². The van der Waals surface area contributed by atoms with Crippen LogP contribution in [-0.4, -0.2) is 74.2 Å². The molecule has 0 bridgehead atoms. The molecular formula is C40H45FN4O7. The minimum absolute atomic E-state index is 0.00861. The zero-order valence-corrected chi connectivity index (χ0v) is 29.7. The number of nitrogens with one attached hydrogen (secondary N) is 2. The summed E-state index contributed by atoms with van der Waals surface area (Å²) in [6.45, 7) is 5.22. The molecule has 52 heavy (non-hydrogen) atoms. The van der Waals surface area contributed by atoms with Gasteiger partial charge in [-0.3, -0.25) is 9.59 Å². The number of carbonyl (C=O) groups excluding carboxylic acids is 3. The zero-order valence-electron chi connectivity index (χ0n) is 29.7. The number of carboxylic acids is 1. The van der Waals surface area contributed by atoms with Gasteiger partial charge in [0.25, 0.3) is 0 Å². The molecular weight excluding hydrogens is 667 g/mol. The van der Waals surface area contributed by atoms with Gasteiger partial charge in [-0.1, -0.05) is 55.3 Å². The summed E-state index contributed by atoms with van der Waals surface area (Å²) < 4.78 is 27.0. The van der Waals surface area contributed by atoms with E-state index in [-0.39, 0.29) is 25.3 Å². The number of hydrogen-bond acceptors (Lipinski definition) is 7. The SMILES string of the molecule is CC(C)(C)OC(=O)N[C@H]1CCCCC/C=C\[C@@H]2C[C@@]2(C(=O)O)NC(=O)[C@@H]2C[C@@]3(CCc4c(c(-c5cccc(F)c5)nc5ccccc45)O3)CN2C1=O. The highest BCUT2D eigenvalue weighted by atomic mass is 19.1. The molecule has 4 heterocycles. The van der Waals surface area contributed by atoms with Crippen molar-refractivity contribution in [3.05, 3.63) is 72.1 Å². The van der Waals surface area contributed by atoms with Crippen molar-refractivity contribution in [2.75, 3.05) is 6.54 Å². The third kappa shape index (κ3) is 6.95. The Morgan fingerprint density at radius 3 is 2.67 bits per heavy atom. The molecule has 1 spiro atoms. The van der Waals surface area contributed by atoms with Gasteiger partial charge in [0.1, 0.15) is 46.1 Å². The fraction of sp³-hybridized carbons (Fsp3) is 0.475. The number of fused-ring (bicyclic) bond motifs is 5. The number of amides is 3. The summed E-state index contributed by atoms with van der Waals surface area (Å²) in [6, 6.07) is 11.7. The summed E-state index contributed by atoms with van der Waals surface area (Å²) >= 11 is 0. The highest BCUT2D eigenvalue weighted by Crippen LogP contribution is 2.49. The summed E-state index contributed by atoms with van der Waals surface area (Å²) in [4.78, 5) is 60.9. The third-order valence-corrected chi connectivity index (χ3v) is 10.6. The predicted molar refractivity (Wildman–Crippen MR) is 191 cm³/mol. The maximum atomic E-state index is 14.6. The van der Waals surface area contributed by atoms with Crippen molar-refractivity contribution in [2.24, 2.45) is 5.92 Å². The number of carbonyl (C=O) groups is 4. The summed E-state index contributed by atoms with van der Waals surface area (Å²) in [7, 11) is 0. The van der Waals surface area contributed by atoms with Crippen LogP contribution in [0.5, 0.6) is 5.75 Å². The minimum atomic E-state index is -1.47. The lowest BCUT2D eigenvalue weighted by molar-refractivity contribution is -0.145. The first-order valence-electron chi connectivity index (χ1n) is 18.2. The number of aliphatic carboxylic acids is 1. The van der Waals surface area contributed by atoms with E-state index >= 15 is 0 Å². The van der Waals surface area contributed by atoms with Crippen LogP contribution in [0.25, 0.3) is 22.2 Å². The summed E-state index contributed by atoms with van der Waals surface area (Å²) in [6.07, 6.45) is 7.69. The molecule has 3 amide bonds. The van der Waals surface area contributed by atoms with Gasteiger partial charge in [0.15, 0.2) is 0 Å². The van der Waals surface area contributed by atoms with Crippen molar-refractivity contribution in [1.29, 1.82) is 0 Å². The summed E-state index contributed by atoms with van der Waals surface area (Å²) in [5.41, 5.74) is -0.716. The van der Waals surface area contributed by atoms with Crippen LogP contribution in [-0.2, 0) is 25.5 Å². The number of hydrogen-bond donors (Lipinski definition) is 3. The molecule has 3 aromatic rings. The highest BCUT2D eigenvalue weighted by molar-refractivity contribution is 5.96. The maximum Gasteiger partial charge on any atom is 0.408 e. The summed E-state index contributed by atoms with van der Waals surface area (Å²) in [5.74, 6) is -2.52. The monoisotopic (exact) mass is 712 g/mol. The second-order valence-electron chi connectivity index (χ2n) is 15.6. The Balaban J connectivity index is 1.28. The second-order valence-corrected chi connectivity index (χ2v) is 15.6. The number of carboxylic acid groups (broad SMARTS) is 1. The van der Waals surface area contributed by atoms with E-state index in [0.717, 1.165) is 35.7 Å². The smallest absolute Gasteiger partial charge is 0.408 e. The average molecular weight is 713 g/mol. The van der Waals surface area contributed by atoms with Gasteiger partial charge in [0, 0.05) is 28.9 Å². The molecule has 4 aliphatic rings. The van der Waals surface area contributed by atoms with E-state index in [2.05, 4.69) is 10.6 Å². The van der Waals surface area contributed by atoms with E-state index in [1.165, 1.54) is 17.0 Å². The first kappa shape index (κ1) is 35.4. The number of rotatable bonds is 3. The predicted octanol–water partition coefficient (Wildman–Crippen LogP) is 6.08. The van der Waals surface area contributed by atoms with E-state index in [4.69, 9.17) is 14.5 Å². The Bertz CT molecular complexity index is 1960. The Hall–Kier alpha value is -5.00. The van der Waals surface area contributed by atoms with E-state index < -0.39 is 58.5 Å². The fourth-order valence-electron chi connectivity index (χ4n) is 7.96. The van der Waals surface area contributed by atoms with Crippen molar-refractivity contribution < 1.29 is 38.1 Å². The first-order chi connectivity index (χ1) is 24.8. The maximum absolute atomic E-state index is 14.6. The number of allylic oxidation sites excluding steroid dienone is 1. The van der Waals surface area contributed by atoms with Gasteiger partial charge in [0.05, 0.1) is 12.1 Å². The Morgan fingerprint density at radius 2 is 1.90 bits per heavy atom. The lowest BCUT2D eigenvalue weighted by Gasteiger charge is -2.37. The lowest BCUT2D eigenvalue weighted by Crippen LogP contribution is -2.56. The number of benzene rings is 2. The van der Waals surface area contributed by atoms with Gasteiger partial charge in [-0.05, 0) is 77.5 Å². The molecule has 2 aromatic carbocycles. The van der Waals surface area contributed by atoms with Crippen LogP contribution >= 0.6 is 0 Å². The number of aromatic nitrogens is 1. The number of para-hydroxylation sites is 1. The van der Waals surface area contributed by atoms with Crippen molar-refractivity contribution in [3.63, 3.8) is 0 Å². The minimum Gasteiger partial charge on any atom is -0.483 e. The quantitative estimate of drug-likeness (QED) is 0.277. The standard InChI is InChI=1S/C40H45FN4O7/c1-38(2,3)52-37(50)43-30-17-8-6-4-5-7-13-25-21-40(25,36(48)49)44-34(46)31-22-39(23-45(31)35(30)47)19-18-28-27-15-9-10-16-29(27)42-32(33(28)51-39)24-12-11-14-26(41)20-24/h7,9-16,20,25,30-31H,4-6,8,17-19,21-23H2,1-3H3,(H,43,50)(H,44,46)(H,48,49)/b13-7-/t25-,30+,31+,39+,40-/m1/s1. The average Bonchev–Trinajstić information content (AvgIpc) is 3.67. The van der Waals surface area contributed by atoms with Crippen LogP contribution < -0.4 is 15.4 Å². The fourth-order valence-corrected chi connectivity index (χ4v) is 7.96. The number of nitrogens with zero attached hydrogens (tertiary/aromatic N) is 2. The molecule has 3 aliphatic heterocycles. The Kier molecular flexibility index (Phi) is 9.21. The van der Waals surface area contributed by atoms with Crippen molar-refractivity contribution >= 4 is 34.8 Å². The van der Waals surface area contributed by atoms with Crippen LogP contribution in [0, 0.1) is 11.7 Å². The topological polar surface area (TPSA) is 147 Å². The zero-order chi connectivity index (χ0) is 36.8. The van der Waals surface area contributed by atoms with Crippen LogP contribution in [0.1, 0.15) is 77.7 Å². The molecule has 11 nitrogen and oxygen atoms in total. The number of ether oxygens (including phenoxy) is 2. The van der Waals surface area contributed by atoms with Crippen LogP contribution in [0.2, 0.25) is 0 Å². The van der Waals surface area contributed by atoms with Gasteiger partial charge in [-0.25, -0.2) is 19.0 Å². The van der Waals surface area contributed by atoms with Crippen LogP contribution in [0.4, 0.5) is 9.18 Å². The van der Waals surface area contributed by atoms with Gasteiger partial charge in [-0.2, -0.15) is 0 Å². The molecule has 274 valence electrons. The van der Waals surface area contributed by atoms with Crippen LogP contribution in [0.15, 0.2) is 60.7 Å². The number of alkyl carbamates (subject to hydrolysis) is 1. The van der Waals surface area contributed by atoms with Crippen molar-refractivity contribution in [3.8, 4) is 17.0 Å². The Morgan fingerprint density at radius 1 is 1.10 bits per heavy atom. The molecule has 0 radical (unpaired) electrons. The molecule has 1 aliphatic carbocycles. The molecule has 1 aromatic heterocycles. The van der Waals surface area contributed by atoms with E-state index in [0.29, 0.717) is 42.7 Å². The van der Waals surface area contributed by atoms with Gasteiger partial charge < -0.3 is 30.1 Å². The molecule has 0 unspecified atom stereocenters. The molecule has 7 rings (SSSR count). The number of pyridine rings is 1. The largest absolute Gasteiger partial charge is 0.483 e. The summed E-state index contributed by atoms with van der Waals surface area (Å²) in [5, 5.41) is 16.8. The lowest BCUT2D eigenvalue weighted by atomic mass is 9.86. The second kappa shape index (κ2) is 13.5. The van der Waals surface area contributed by atoms with E-state index in [1.807, 2.05) is 36.4 Å². The first-order valence-corrected chi connectivity index (χ1v) is 18.2. The molecule has 12 heteroatoms. The highest BCUT2D eigenvalue weighted by Gasteiger charge is 2.62. The molecule has 1 saturated heterocycles. The molecule has 3 N–H and O–H groups in total. The van der Waals surface area contributed by atoms with Gasteiger partial charge in [-0.15, -0.1) is 0 Å². The van der Waals surface area contributed by atoms with Crippen molar-refractivity contribution in [1.82, 2.24) is 20.5 Å². The normalized spacial score (nSPS) is 28.3. The number of aryl methyl sites for hydroxylation is 1. The van der Waals surface area contributed by atoms with Crippen LogP contribution in [0.3, 0.4) is 0 Å². The van der Waals surface area contributed by atoms with Gasteiger partial charge in [0.2, 0.25) is 11.8 Å². The molecule has 2 fully saturated rings. The molecule has 5 atom stereocenters. The van der Waals surface area contributed by atoms with Crippen molar-refractivity contribution in [2.45, 2.75) is 107 Å².